The summed E-state index contributed by atoms with van der Waals surface area (Å²) in [6.07, 6.45) is 1.61. The number of benzene rings is 1. The quantitative estimate of drug-likeness (QED) is 0.561. The molecule has 0 atom stereocenters. The van der Waals surface area contributed by atoms with Crippen LogP contribution >= 0.6 is 0 Å². The van der Waals surface area contributed by atoms with Gasteiger partial charge in [-0.3, -0.25) is 14.7 Å². The second kappa shape index (κ2) is 9.92. The zero-order valence-corrected chi connectivity index (χ0v) is 17.1. The van der Waals surface area contributed by atoms with Crippen molar-refractivity contribution in [3.8, 4) is 5.75 Å². The lowest BCUT2D eigenvalue weighted by Gasteiger charge is -2.36. The van der Waals surface area contributed by atoms with Crippen LogP contribution in [0.5, 0.6) is 5.75 Å². The third kappa shape index (κ3) is 5.71. The number of carbonyl (C=O) groups is 1. The summed E-state index contributed by atoms with van der Waals surface area (Å²) in [5, 5.41) is 10.2. The van der Waals surface area contributed by atoms with E-state index in [0.717, 1.165) is 49.9 Å². The highest BCUT2D eigenvalue weighted by atomic mass is 16.5. The lowest BCUT2D eigenvalue weighted by molar-refractivity contribution is -0.114. The predicted molar refractivity (Wildman–Crippen MR) is 111 cm³/mol. The number of aliphatic imine (C=N–C) groups is 1. The highest BCUT2D eigenvalue weighted by Gasteiger charge is 2.20. The third-order valence-electron chi connectivity index (χ3n) is 4.79. The number of methoxy groups -OCH3 is 1. The first-order chi connectivity index (χ1) is 14.1. The minimum absolute atomic E-state index is 0.132. The van der Waals surface area contributed by atoms with Crippen molar-refractivity contribution in [1.82, 2.24) is 20.3 Å². The molecule has 1 saturated heterocycles. The second-order valence-electron chi connectivity index (χ2n) is 6.87. The van der Waals surface area contributed by atoms with E-state index in [1.807, 2.05) is 24.3 Å². The molecular weight excluding hydrogens is 372 g/mol. The minimum atomic E-state index is -0.132. The molecule has 0 spiro atoms. The Kier molecular flexibility index (Phi) is 7.07. The molecule has 156 valence electrons. The standard InChI is InChI=1S/C20H28N6O3/c1-15(27)23-18-12-16(4-5-19(18)28-3)13-22-20(21-2)26-9-7-25(8-10-26)14-17-6-11-29-24-17/h4-6,11-12H,7-10,13-14H2,1-3H3,(H,21,22)(H,23,27). The Bertz CT molecular complexity index is 829. The molecule has 0 bridgehead atoms. The van der Waals surface area contributed by atoms with Crippen LogP contribution in [0.2, 0.25) is 0 Å². The monoisotopic (exact) mass is 400 g/mol. The van der Waals surface area contributed by atoms with Crippen molar-refractivity contribution >= 4 is 17.6 Å². The van der Waals surface area contributed by atoms with Gasteiger partial charge < -0.3 is 24.8 Å². The summed E-state index contributed by atoms with van der Waals surface area (Å²) in [4.78, 5) is 20.4. The van der Waals surface area contributed by atoms with Crippen molar-refractivity contribution in [2.75, 3.05) is 45.7 Å². The van der Waals surface area contributed by atoms with Crippen LogP contribution in [0.4, 0.5) is 5.69 Å². The van der Waals surface area contributed by atoms with Crippen molar-refractivity contribution in [2.24, 2.45) is 4.99 Å². The molecule has 2 N–H and O–H groups in total. The van der Waals surface area contributed by atoms with Crippen LogP contribution in [-0.2, 0) is 17.9 Å². The minimum Gasteiger partial charge on any atom is -0.495 e. The van der Waals surface area contributed by atoms with Crippen molar-refractivity contribution in [2.45, 2.75) is 20.0 Å². The summed E-state index contributed by atoms with van der Waals surface area (Å²) in [5.74, 6) is 1.37. The fraction of sp³-hybridized carbons (Fsp3) is 0.450. The fourth-order valence-electron chi connectivity index (χ4n) is 3.33. The van der Waals surface area contributed by atoms with E-state index in [2.05, 4.69) is 30.6 Å². The van der Waals surface area contributed by atoms with Crippen molar-refractivity contribution in [3.63, 3.8) is 0 Å². The number of hydrogen-bond acceptors (Lipinski definition) is 6. The first-order valence-electron chi connectivity index (χ1n) is 9.60. The molecular formula is C20H28N6O3. The number of hydrogen-bond donors (Lipinski definition) is 2. The van der Waals surface area contributed by atoms with Gasteiger partial charge in [0, 0.05) is 59.3 Å². The zero-order chi connectivity index (χ0) is 20.6. The van der Waals surface area contributed by atoms with E-state index in [9.17, 15) is 4.79 Å². The van der Waals surface area contributed by atoms with Gasteiger partial charge in [0.25, 0.3) is 0 Å². The highest BCUT2D eigenvalue weighted by molar-refractivity contribution is 5.90. The normalized spacial score (nSPS) is 15.3. The maximum Gasteiger partial charge on any atom is 0.221 e. The SMILES string of the molecule is CN=C(NCc1ccc(OC)c(NC(C)=O)c1)N1CCN(Cc2ccon2)CC1. The van der Waals surface area contributed by atoms with Crippen LogP contribution in [0.3, 0.4) is 0 Å². The zero-order valence-electron chi connectivity index (χ0n) is 17.1. The van der Waals surface area contributed by atoms with Gasteiger partial charge in [0.05, 0.1) is 18.5 Å². The molecule has 0 aliphatic carbocycles. The van der Waals surface area contributed by atoms with Crippen LogP contribution < -0.4 is 15.4 Å². The van der Waals surface area contributed by atoms with Gasteiger partial charge >= 0.3 is 0 Å². The van der Waals surface area contributed by atoms with Gasteiger partial charge in [0.15, 0.2) is 5.96 Å². The van der Waals surface area contributed by atoms with E-state index < -0.39 is 0 Å². The Morgan fingerprint density at radius 1 is 1.28 bits per heavy atom. The summed E-state index contributed by atoms with van der Waals surface area (Å²) >= 11 is 0. The fourth-order valence-corrected chi connectivity index (χ4v) is 3.33. The summed E-state index contributed by atoms with van der Waals surface area (Å²) in [5.41, 5.74) is 2.64. The highest BCUT2D eigenvalue weighted by Crippen LogP contribution is 2.25. The number of carbonyl (C=O) groups excluding carboxylic acids is 1. The number of anilines is 1. The van der Waals surface area contributed by atoms with E-state index in [-0.39, 0.29) is 5.91 Å². The van der Waals surface area contributed by atoms with E-state index in [1.165, 1.54) is 6.92 Å². The number of guanidine groups is 1. The Labute approximate surface area is 170 Å². The maximum absolute atomic E-state index is 11.4. The van der Waals surface area contributed by atoms with Crippen LogP contribution in [0.15, 0.2) is 40.0 Å². The number of nitrogens with one attached hydrogen (secondary N) is 2. The molecule has 0 radical (unpaired) electrons. The summed E-state index contributed by atoms with van der Waals surface area (Å²) in [7, 11) is 3.38. The molecule has 1 aromatic carbocycles. The molecule has 2 heterocycles. The molecule has 1 aromatic heterocycles. The number of rotatable bonds is 6. The Morgan fingerprint density at radius 2 is 2.07 bits per heavy atom. The largest absolute Gasteiger partial charge is 0.495 e. The van der Waals surface area contributed by atoms with Gasteiger partial charge in [0.2, 0.25) is 5.91 Å². The summed E-state index contributed by atoms with van der Waals surface area (Å²) < 4.78 is 10.2. The van der Waals surface area contributed by atoms with E-state index in [4.69, 9.17) is 9.26 Å². The molecule has 0 saturated carbocycles. The molecule has 9 heteroatoms. The van der Waals surface area contributed by atoms with E-state index in [0.29, 0.717) is 18.0 Å². The van der Waals surface area contributed by atoms with Gasteiger partial charge in [-0.05, 0) is 17.7 Å². The molecule has 0 unspecified atom stereocenters. The lowest BCUT2D eigenvalue weighted by Crippen LogP contribution is -2.52. The number of nitrogens with zero attached hydrogens (tertiary/aromatic N) is 4. The summed E-state index contributed by atoms with van der Waals surface area (Å²) in [6, 6.07) is 7.64. The van der Waals surface area contributed by atoms with Gasteiger partial charge in [-0.25, -0.2) is 0 Å². The lowest BCUT2D eigenvalue weighted by atomic mass is 10.2. The predicted octanol–water partition coefficient (Wildman–Crippen LogP) is 1.53. The molecule has 1 aliphatic rings. The maximum atomic E-state index is 11.4. The topological polar surface area (TPSA) is 95.2 Å². The van der Waals surface area contributed by atoms with Gasteiger partial charge in [-0.15, -0.1) is 0 Å². The molecule has 3 rings (SSSR count). The average Bonchev–Trinajstić information content (AvgIpc) is 3.22. The Morgan fingerprint density at radius 3 is 2.69 bits per heavy atom. The molecule has 1 fully saturated rings. The molecule has 9 nitrogen and oxygen atoms in total. The van der Waals surface area contributed by atoms with Crippen LogP contribution in [0.25, 0.3) is 0 Å². The van der Waals surface area contributed by atoms with Crippen molar-refractivity contribution in [3.05, 3.63) is 41.8 Å². The van der Waals surface area contributed by atoms with Crippen LogP contribution in [0.1, 0.15) is 18.2 Å². The van der Waals surface area contributed by atoms with Gasteiger partial charge in [-0.1, -0.05) is 11.2 Å². The van der Waals surface area contributed by atoms with Crippen LogP contribution in [0, 0.1) is 0 Å². The molecule has 29 heavy (non-hydrogen) atoms. The molecule has 2 aromatic rings. The first kappa shape index (κ1) is 20.7. The van der Waals surface area contributed by atoms with Gasteiger partial charge in [0.1, 0.15) is 12.0 Å². The van der Waals surface area contributed by atoms with Crippen molar-refractivity contribution in [1.29, 1.82) is 0 Å². The smallest absolute Gasteiger partial charge is 0.221 e. The van der Waals surface area contributed by atoms with E-state index >= 15 is 0 Å². The van der Waals surface area contributed by atoms with Crippen LogP contribution in [-0.4, -0.2) is 67.2 Å². The molecule has 1 aliphatic heterocycles. The number of aromatic nitrogens is 1. The number of ether oxygens (including phenoxy) is 1. The van der Waals surface area contributed by atoms with Gasteiger partial charge in [-0.2, -0.15) is 0 Å². The number of amides is 1. The van der Waals surface area contributed by atoms with E-state index in [1.54, 1.807) is 20.4 Å². The first-order valence-corrected chi connectivity index (χ1v) is 9.60. The third-order valence-corrected chi connectivity index (χ3v) is 4.79. The Balaban J connectivity index is 1.54. The second-order valence-corrected chi connectivity index (χ2v) is 6.87. The van der Waals surface area contributed by atoms with Crippen molar-refractivity contribution < 1.29 is 14.1 Å². The Hall–Kier alpha value is -3.07. The molecule has 1 amide bonds. The summed E-state index contributed by atoms with van der Waals surface area (Å²) in [6.45, 7) is 6.52. The number of piperazine rings is 1. The average molecular weight is 400 g/mol.